The lowest BCUT2D eigenvalue weighted by Crippen LogP contribution is -2.12. The van der Waals surface area contributed by atoms with Crippen LogP contribution < -0.4 is 24.3 Å². The van der Waals surface area contributed by atoms with Crippen molar-refractivity contribution in [2.45, 2.75) is 13.8 Å². The molecule has 30 heavy (non-hydrogen) atoms. The number of carbonyl (C=O) groups is 1. The number of ether oxygens (including phenoxy) is 4. The number of hydrogen-bond donors (Lipinski definition) is 1. The standard InChI is InChI=1S/C22H24N2O5S/c1-5-28-18-10-8-15(12-20(18)29-6-2)21(25)24-22-23-16(13-30-22)14-7-9-17(26-3)19(11-14)27-4/h7-13H,5-6H2,1-4H3,(H,23,24,25). The van der Waals surface area contributed by atoms with Crippen LogP contribution in [0.25, 0.3) is 11.3 Å². The summed E-state index contributed by atoms with van der Waals surface area (Å²) in [6.07, 6.45) is 0. The molecule has 0 fully saturated rings. The van der Waals surface area contributed by atoms with Crippen molar-refractivity contribution < 1.29 is 23.7 Å². The topological polar surface area (TPSA) is 78.9 Å². The highest BCUT2D eigenvalue weighted by Gasteiger charge is 2.14. The van der Waals surface area contributed by atoms with Crippen LogP contribution in [0.2, 0.25) is 0 Å². The van der Waals surface area contributed by atoms with Gasteiger partial charge in [-0.3, -0.25) is 10.1 Å². The van der Waals surface area contributed by atoms with Gasteiger partial charge in [-0.05, 0) is 50.2 Å². The average molecular weight is 429 g/mol. The number of amides is 1. The smallest absolute Gasteiger partial charge is 0.257 e. The molecule has 0 spiro atoms. The molecule has 0 radical (unpaired) electrons. The van der Waals surface area contributed by atoms with Crippen molar-refractivity contribution in [3.63, 3.8) is 0 Å². The Balaban J connectivity index is 1.77. The summed E-state index contributed by atoms with van der Waals surface area (Å²) < 4.78 is 21.7. The quantitative estimate of drug-likeness (QED) is 0.523. The lowest BCUT2D eigenvalue weighted by atomic mass is 10.1. The van der Waals surface area contributed by atoms with Crippen LogP contribution in [0.3, 0.4) is 0 Å². The van der Waals surface area contributed by atoms with Gasteiger partial charge >= 0.3 is 0 Å². The summed E-state index contributed by atoms with van der Waals surface area (Å²) in [6.45, 7) is 4.78. The van der Waals surface area contributed by atoms with Crippen LogP contribution in [0.4, 0.5) is 5.13 Å². The molecule has 1 aromatic heterocycles. The van der Waals surface area contributed by atoms with Gasteiger partial charge in [0, 0.05) is 16.5 Å². The lowest BCUT2D eigenvalue weighted by Gasteiger charge is -2.12. The number of benzene rings is 2. The van der Waals surface area contributed by atoms with Crippen molar-refractivity contribution in [2.75, 3.05) is 32.8 Å². The third-order valence-corrected chi connectivity index (χ3v) is 4.97. The van der Waals surface area contributed by atoms with E-state index < -0.39 is 0 Å². The number of carbonyl (C=O) groups excluding carboxylic acids is 1. The average Bonchev–Trinajstić information content (AvgIpc) is 3.23. The van der Waals surface area contributed by atoms with E-state index in [1.54, 1.807) is 32.4 Å². The highest BCUT2D eigenvalue weighted by molar-refractivity contribution is 7.14. The maximum atomic E-state index is 12.7. The molecule has 0 aliphatic rings. The third-order valence-electron chi connectivity index (χ3n) is 4.21. The molecule has 0 aliphatic heterocycles. The second-order valence-corrected chi connectivity index (χ2v) is 6.95. The van der Waals surface area contributed by atoms with Crippen LogP contribution >= 0.6 is 11.3 Å². The number of anilines is 1. The fraction of sp³-hybridized carbons (Fsp3) is 0.273. The van der Waals surface area contributed by atoms with Gasteiger partial charge in [-0.1, -0.05) is 0 Å². The molecule has 8 heteroatoms. The molecule has 1 heterocycles. The Morgan fingerprint density at radius 2 is 1.63 bits per heavy atom. The van der Waals surface area contributed by atoms with Crippen molar-refractivity contribution in [2.24, 2.45) is 0 Å². The molecule has 158 valence electrons. The zero-order valence-corrected chi connectivity index (χ0v) is 18.2. The monoisotopic (exact) mass is 428 g/mol. The maximum absolute atomic E-state index is 12.7. The van der Waals surface area contributed by atoms with Crippen LogP contribution in [0.1, 0.15) is 24.2 Å². The summed E-state index contributed by atoms with van der Waals surface area (Å²) >= 11 is 1.35. The first-order valence-electron chi connectivity index (χ1n) is 9.48. The van der Waals surface area contributed by atoms with E-state index >= 15 is 0 Å². The van der Waals surface area contributed by atoms with Crippen molar-refractivity contribution in [3.8, 4) is 34.3 Å². The highest BCUT2D eigenvalue weighted by Crippen LogP contribution is 2.34. The first-order valence-corrected chi connectivity index (χ1v) is 10.4. The van der Waals surface area contributed by atoms with Crippen LogP contribution in [0, 0.1) is 0 Å². The second-order valence-electron chi connectivity index (χ2n) is 6.09. The minimum Gasteiger partial charge on any atom is -0.493 e. The molecule has 0 atom stereocenters. The fourth-order valence-electron chi connectivity index (χ4n) is 2.82. The number of rotatable bonds is 9. The van der Waals surface area contributed by atoms with E-state index in [1.165, 1.54) is 11.3 Å². The van der Waals surface area contributed by atoms with Gasteiger partial charge in [0.2, 0.25) is 0 Å². The molecular formula is C22H24N2O5S. The largest absolute Gasteiger partial charge is 0.493 e. The number of methoxy groups -OCH3 is 2. The number of aromatic nitrogens is 1. The zero-order chi connectivity index (χ0) is 21.5. The van der Waals surface area contributed by atoms with Crippen molar-refractivity contribution in [1.82, 2.24) is 4.98 Å². The predicted molar refractivity (Wildman–Crippen MR) is 117 cm³/mol. The number of thiazole rings is 1. The van der Waals surface area contributed by atoms with Gasteiger partial charge in [0.15, 0.2) is 28.1 Å². The first kappa shape index (κ1) is 21.4. The normalized spacial score (nSPS) is 10.4. The van der Waals surface area contributed by atoms with E-state index in [9.17, 15) is 4.79 Å². The van der Waals surface area contributed by atoms with Crippen molar-refractivity contribution in [3.05, 3.63) is 47.3 Å². The highest BCUT2D eigenvalue weighted by atomic mass is 32.1. The Morgan fingerprint density at radius 1 is 0.933 bits per heavy atom. The third kappa shape index (κ3) is 4.83. The fourth-order valence-corrected chi connectivity index (χ4v) is 3.54. The van der Waals surface area contributed by atoms with E-state index in [2.05, 4.69) is 10.3 Å². The number of nitrogens with one attached hydrogen (secondary N) is 1. The summed E-state index contributed by atoms with van der Waals surface area (Å²) in [5, 5.41) is 5.21. The molecule has 3 rings (SSSR count). The van der Waals surface area contributed by atoms with Gasteiger partial charge < -0.3 is 18.9 Å². The molecular weight excluding hydrogens is 404 g/mol. The van der Waals surface area contributed by atoms with Gasteiger partial charge in [-0.25, -0.2) is 4.98 Å². The Kier molecular flexibility index (Phi) is 7.13. The maximum Gasteiger partial charge on any atom is 0.257 e. The number of nitrogens with zero attached hydrogens (tertiary/aromatic N) is 1. The zero-order valence-electron chi connectivity index (χ0n) is 17.4. The lowest BCUT2D eigenvalue weighted by molar-refractivity contribution is 0.102. The first-order chi connectivity index (χ1) is 14.6. The van der Waals surface area contributed by atoms with E-state index in [4.69, 9.17) is 18.9 Å². The van der Waals surface area contributed by atoms with Crippen LogP contribution in [0.5, 0.6) is 23.0 Å². The van der Waals surface area contributed by atoms with Gasteiger partial charge in [-0.15, -0.1) is 11.3 Å². The van der Waals surface area contributed by atoms with E-state index in [0.717, 1.165) is 11.3 Å². The Labute approximate surface area is 179 Å². The molecule has 3 aromatic rings. The molecule has 0 aliphatic carbocycles. The van der Waals surface area contributed by atoms with E-state index in [0.29, 0.717) is 46.9 Å². The van der Waals surface area contributed by atoms with Gasteiger partial charge in [0.1, 0.15) is 0 Å². The Bertz CT molecular complexity index is 1020. The molecule has 0 saturated carbocycles. The summed E-state index contributed by atoms with van der Waals surface area (Å²) in [5.41, 5.74) is 2.06. The van der Waals surface area contributed by atoms with Crippen LogP contribution in [0.15, 0.2) is 41.8 Å². The molecule has 0 bridgehead atoms. The molecule has 1 amide bonds. The number of hydrogen-bond acceptors (Lipinski definition) is 7. The van der Waals surface area contributed by atoms with Crippen molar-refractivity contribution in [1.29, 1.82) is 0 Å². The van der Waals surface area contributed by atoms with Crippen LogP contribution in [-0.4, -0.2) is 38.3 Å². The summed E-state index contributed by atoms with van der Waals surface area (Å²) in [7, 11) is 3.17. The molecule has 2 aromatic carbocycles. The molecule has 0 unspecified atom stereocenters. The molecule has 0 saturated heterocycles. The molecule has 1 N–H and O–H groups in total. The predicted octanol–water partition coefficient (Wildman–Crippen LogP) is 4.88. The van der Waals surface area contributed by atoms with Gasteiger partial charge in [0.05, 0.1) is 33.1 Å². The van der Waals surface area contributed by atoms with Gasteiger partial charge in [0.25, 0.3) is 5.91 Å². The van der Waals surface area contributed by atoms with Crippen LogP contribution in [-0.2, 0) is 0 Å². The minimum atomic E-state index is -0.271. The summed E-state index contributed by atoms with van der Waals surface area (Å²) in [5.74, 6) is 2.14. The SMILES string of the molecule is CCOc1ccc(C(=O)Nc2nc(-c3ccc(OC)c(OC)c3)cs2)cc1OCC. The second kappa shape index (κ2) is 9.98. The Morgan fingerprint density at radius 3 is 2.33 bits per heavy atom. The van der Waals surface area contributed by atoms with Crippen molar-refractivity contribution >= 4 is 22.4 Å². The summed E-state index contributed by atoms with van der Waals surface area (Å²) in [4.78, 5) is 17.2. The molecule has 7 nitrogen and oxygen atoms in total. The van der Waals surface area contributed by atoms with E-state index in [1.807, 2.05) is 37.4 Å². The Hall–Kier alpha value is -3.26. The van der Waals surface area contributed by atoms with Gasteiger partial charge in [-0.2, -0.15) is 0 Å². The summed E-state index contributed by atoms with van der Waals surface area (Å²) in [6, 6.07) is 10.7. The minimum absolute atomic E-state index is 0.271. The van der Waals surface area contributed by atoms with E-state index in [-0.39, 0.29) is 5.91 Å².